The van der Waals surface area contributed by atoms with Crippen LogP contribution >= 0.6 is 0 Å². The predicted molar refractivity (Wildman–Crippen MR) is 69.5 cm³/mol. The van der Waals surface area contributed by atoms with E-state index in [0.29, 0.717) is 13.0 Å². The predicted octanol–water partition coefficient (Wildman–Crippen LogP) is 3.56. The molecule has 0 amide bonds. The van der Waals surface area contributed by atoms with Crippen LogP contribution in [0.4, 0.5) is 13.2 Å². The van der Waals surface area contributed by atoms with Crippen LogP contribution in [0.25, 0.3) is 0 Å². The smallest absolute Gasteiger partial charge is 0.329 e. The lowest BCUT2D eigenvalue weighted by molar-refractivity contribution is -0.136. The van der Waals surface area contributed by atoms with Gasteiger partial charge in [0.25, 0.3) is 0 Å². The summed E-state index contributed by atoms with van der Waals surface area (Å²) in [5.74, 6) is 0. The summed E-state index contributed by atoms with van der Waals surface area (Å²) in [7, 11) is 0. The van der Waals surface area contributed by atoms with Crippen LogP contribution < -0.4 is 5.73 Å². The average Bonchev–Trinajstić information content (AvgIpc) is 2.28. The van der Waals surface area contributed by atoms with Gasteiger partial charge in [-0.15, -0.1) is 0 Å². The molecule has 110 valence electrons. The molecule has 0 aliphatic carbocycles. The Labute approximate surface area is 109 Å². The largest absolute Gasteiger partial charge is 0.389 e. The van der Waals surface area contributed by atoms with Crippen LogP contribution in [0.5, 0.6) is 0 Å². The van der Waals surface area contributed by atoms with E-state index in [1.165, 1.54) is 0 Å². The zero-order valence-electron chi connectivity index (χ0n) is 11.8. The van der Waals surface area contributed by atoms with Crippen molar-refractivity contribution < 1.29 is 13.2 Å². The summed E-state index contributed by atoms with van der Waals surface area (Å²) in [6.45, 7) is 8.27. The van der Waals surface area contributed by atoms with Gasteiger partial charge in [0.15, 0.2) is 0 Å². The van der Waals surface area contributed by atoms with Crippen molar-refractivity contribution in [3.05, 3.63) is 0 Å². The van der Waals surface area contributed by atoms with Gasteiger partial charge in [0.05, 0.1) is 0 Å². The maximum absolute atomic E-state index is 12.2. The van der Waals surface area contributed by atoms with Crippen LogP contribution in [0, 0.1) is 0 Å². The van der Waals surface area contributed by atoms with Crippen LogP contribution in [-0.4, -0.2) is 36.2 Å². The van der Waals surface area contributed by atoms with E-state index >= 15 is 0 Å². The van der Waals surface area contributed by atoms with Gasteiger partial charge in [0.1, 0.15) is 0 Å². The van der Waals surface area contributed by atoms with E-state index in [1.807, 2.05) is 13.8 Å². The molecule has 0 aliphatic rings. The highest BCUT2D eigenvalue weighted by molar-refractivity contribution is 4.87. The number of unbranched alkanes of at least 4 members (excludes halogenated alkanes) is 1. The first-order chi connectivity index (χ1) is 8.29. The van der Waals surface area contributed by atoms with Gasteiger partial charge in [-0.25, -0.2) is 0 Å². The van der Waals surface area contributed by atoms with E-state index in [0.717, 1.165) is 25.9 Å². The molecule has 0 fully saturated rings. The fourth-order valence-electron chi connectivity index (χ4n) is 2.22. The molecule has 0 aromatic carbocycles. The number of likely N-dealkylation sites (N-methyl/N-ethyl adjacent to an activating group) is 1. The summed E-state index contributed by atoms with van der Waals surface area (Å²) >= 11 is 0. The Balaban J connectivity index is 4.37. The molecule has 1 atom stereocenters. The van der Waals surface area contributed by atoms with E-state index in [9.17, 15) is 13.2 Å². The first-order valence-electron chi connectivity index (χ1n) is 6.81. The monoisotopic (exact) mass is 268 g/mol. The Morgan fingerprint density at radius 2 is 1.67 bits per heavy atom. The molecule has 0 radical (unpaired) electrons. The molecule has 0 aromatic heterocycles. The van der Waals surface area contributed by atoms with E-state index in [1.54, 1.807) is 0 Å². The van der Waals surface area contributed by atoms with Crippen LogP contribution in [0.2, 0.25) is 0 Å². The lowest BCUT2D eigenvalue weighted by atomic mass is 9.92. The molecule has 2 nitrogen and oxygen atoms in total. The van der Waals surface area contributed by atoms with Gasteiger partial charge >= 0.3 is 6.18 Å². The number of nitrogens with two attached hydrogens (primary N) is 1. The SMILES string of the molecule is CCCCN(CC)C(C)(CN)CCCC(F)(F)F. The van der Waals surface area contributed by atoms with Crippen molar-refractivity contribution >= 4 is 0 Å². The number of hydrogen-bond donors (Lipinski definition) is 1. The molecule has 2 N–H and O–H groups in total. The second kappa shape index (κ2) is 8.00. The third-order valence-corrected chi connectivity index (χ3v) is 3.54. The number of rotatable bonds is 9. The van der Waals surface area contributed by atoms with Crippen LogP contribution in [0.15, 0.2) is 0 Å². The summed E-state index contributed by atoms with van der Waals surface area (Å²) in [5.41, 5.74) is 5.47. The van der Waals surface area contributed by atoms with Gasteiger partial charge in [0, 0.05) is 18.5 Å². The number of nitrogens with zero attached hydrogens (tertiary/aromatic N) is 1. The molecule has 0 saturated carbocycles. The molecule has 0 saturated heterocycles. The van der Waals surface area contributed by atoms with Crippen molar-refractivity contribution in [3.8, 4) is 0 Å². The number of alkyl halides is 3. The molecule has 0 rings (SSSR count). The highest BCUT2D eigenvalue weighted by Crippen LogP contribution is 2.27. The lowest BCUT2D eigenvalue weighted by Gasteiger charge is -2.40. The summed E-state index contributed by atoms with van der Waals surface area (Å²) in [6.07, 6.45) is -1.98. The van der Waals surface area contributed by atoms with Gasteiger partial charge in [-0.3, -0.25) is 4.90 Å². The maximum Gasteiger partial charge on any atom is 0.389 e. The Kier molecular flexibility index (Phi) is 7.87. The standard InChI is InChI=1S/C13H27F3N2/c1-4-6-10-18(5-2)12(3,11-17)8-7-9-13(14,15)16/h4-11,17H2,1-3H3. The molecule has 0 heterocycles. The van der Waals surface area contributed by atoms with Crippen LogP contribution in [-0.2, 0) is 0 Å². The average molecular weight is 268 g/mol. The van der Waals surface area contributed by atoms with E-state index in [2.05, 4.69) is 11.8 Å². The molecule has 0 spiro atoms. The topological polar surface area (TPSA) is 29.3 Å². The van der Waals surface area contributed by atoms with Crippen molar-refractivity contribution in [2.45, 2.75) is 64.6 Å². The zero-order chi connectivity index (χ0) is 14.2. The fourth-order valence-corrected chi connectivity index (χ4v) is 2.22. The van der Waals surface area contributed by atoms with Crippen molar-refractivity contribution in [3.63, 3.8) is 0 Å². The van der Waals surface area contributed by atoms with Crippen molar-refractivity contribution in [1.29, 1.82) is 0 Å². The number of hydrogen-bond acceptors (Lipinski definition) is 2. The zero-order valence-corrected chi connectivity index (χ0v) is 11.8. The maximum atomic E-state index is 12.2. The Morgan fingerprint density at radius 1 is 1.06 bits per heavy atom. The molecule has 18 heavy (non-hydrogen) atoms. The number of halogens is 3. The van der Waals surface area contributed by atoms with Gasteiger partial charge < -0.3 is 5.73 Å². The first-order valence-corrected chi connectivity index (χ1v) is 6.81. The third-order valence-electron chi connectivity index (χ3n) is 3.54. The minimum Gasteiger partial charge on any atom is -0.329 e. The minimum atomic E-state index is -4.06. The van der Waals surface area contributed by atoms with Gasteiger partial charge in [-0.1, -0.05) is 20.3 Å². The fraction of sp³-hybridized carbons (Fsp3) is 1.00. The quantitative estimate of drug-likeness (QED) is 0.693. The molecule has 0 bridgehead atoms. The second-order valence-corrected chi connectivity index (χ2v) is 5.10. The van der Waals surface area contributed by atoms with Gasteiger partial charge in [0.2, 0.25) is 0 Å². The van der Waals surface area contributed by atoms with Crippen LogP contribution in [0.1, 0.15) is 52.9 Å². The van der Waals surface area contributed by atoms with Crippen molar-refractivity contribution in [2.75, 3.05) is 19.6 Å². The van der Waals surface area contributed by atoms with Gasteiger partial charge in [-0.2, -0.15) is 13.2 Å². The second-order valence-electron chi connectivity index (χ2n) is 5.10. The van der Waals surface area contributed by atoms with Gasteiger partial charge in [-0.05, 0) is 39.3 Å². The molecular formula is C13H27F3N2. The summed E-state index contributed by atoms with van der Waals surface area (Å²) in [4.78, 5) is 2.22. The Bertz CT molecular complexity index is 219. The van der Waals surface area contributed by atoms with Crippen LogP contribution in [0.3, 0.4) is 0 Å². The van der Waals surface area contributed by atoms with Crippen molar-refractivity contribution in [1.82, 2.24) is 4.90 Å². The third kappa shape index (κ3) is 6.59. The Morgan fingerprint density at radius 3 is 2.06 bits per heavy atom. The van der Waals surface area contributed by atoms with Crippen molar-refractivity contribution in [2.24, 2.45) is 5.73 Å². The van der Waals surface area contributed by atoms with E-state index in [-0.39, 0.29) is 12.0 Å². The molecule has 0 aliphatic heterocycles. The summed E-state index contributed by atoms with van der Waals surface area (Å²) in [5, 5.41) is 0. The molecule has 5 heteroatoms. The molecular weight excluding hydrogens is 241 g/mol. The lowest BCUT2D eigenvalue weighted by Crippen LogP contribution is -2.52. The summed E-state index contributed by atoms with van der Waals surface area (Å²) < 4.78 is 36.5. The molecule has 1 unspecified atom stereocenters. The highest BCUT2D eigenvalue weighted by Gasteiger charge is 2.32. The first kappa shape index (κ1) is 17.7. The summed E-state index contributed by atoms with van der Waals surface area (Å²) in [6, 6.07) is 0. The minimum absolute atomic E-state index is 0.153. The van der Waals surface area contributed by atoms with E-state index < -0.39 is 12.6 Å². The molecule has 0 aromatic rings. The normalized spacial score (nSPS) is 16.0. The van der Waals surface area contributed by atoms with E-state index in [4.69, 9.17) is 5.73 Å². The highest BCUT2D eigenvalue weighted by atomic mass is 19.4. The Hall–Kier alpha value is -0.290.